The molecule has 11 heteroatoms. The molecule has 3 aromatic rings. The average molecular weight is 501 g/mol. The van der Waals surface area contributed by atoms with Crippen LogP contribution in [0.5, 0.6) is 5.75 Å². The lowest BCUT2D eigenvalue weighted by Crippen LogP contribution is -2.36. The van der Waals surface area contributed by atoms with Crippen LogP contribution in [0, 0.1) is 0 Å². The van der Waals surface area contributed by atoms with E-state index in [-0.39, 0.29) is 10.6 Å². The van der Waals surface area contributed by atoms with Gasteiger partial charge in [0.2, 0.25) is 5.91 Å². The van der Waals surface area contributed by atoms with Crippen molar-refractivity contribution in [3.63, 3.8) is 0 Å². The molecule has 0 radical (unpaired) electrons. The fourth-order valence-electron chi connectivity index (χ4n) is 3.37. The number of hydrogen-bond donors (Lipinski definition) is 1. The van der Waals surface area contributed by atoms with Crippen molar-refractivity contribution in [2.45, 2.75) is 6.18 Å². The largest absolute Gasteiger partial charge is 0.497 e. The molecule has 2 heterocycles. The van der Waals surface area contributed by atoms with E-state index in [0.29, 0.717) is 28.9 Å². The predicted octanol–water partition coefficient (Wildman–Crippen LogP) is 5.18. The first kappa shape index (κ1) is 24.1. The molecule has 0 spiro atoms. The number of nitrogens with one attached hydrogen (secondary N) is 1. The summed E-state index contributed by atoms with van der Waals surface area (Å²) in [7, 11) is 1.51. The van der Waals surface area contributed by atoms with Crippen molar-refractivity contribution in [1.29, 1.82) is 0 Å². The molecule has 35 heavy (non-hydrogen) atoms. The molecule has 1 aliphatic heterocycles. The van der Waals surface area contributed by atoms with Gasteiger partial charge in [-0.1, -0.05) is 6.07 Å². The van der Waals surface area contributed by atoms with Crippen LogP contribution in [0.15, 0.2) is 71.8 Å². The maximum Gasteiger partial charge on any atom is 0.416 e. The van der Waals surface area contributed by atoms with E-state index in [0.717, 1.165) is 17.0 Å². The molecular formula is C24H18F3N3O4S. The van der Waals surface area contributed by atoms with Crippen LogP contribution in [0.1, 0.15) is 11.3 Å². The summed E-state index contributed by atoms with van der Waals surface area (Å²) in [6.07, 6.45) is -1.54. The molecule has 1 N–H and O–H groups in total. The number of nitrogens with zero attached hydrogens (tertiary/aromatic N) is 2. The number of rotatable bonds is 6. The Hall–Kier alpha value is -3.99. The number of anilines is 1. The van der Waals surface area contributed by atoms with Crippen molar-refractivity contribution >= 4 is 40.6 Å². The van der Waals surface area contributed by atoms with E-state index in [4.69, 9.17) is 4.74 Å². The fourth-order valence-corrected chi connectivity index (χ4v) is 4.19. The van der Waals surface area contributed by atoms with Crippen molar-refractivity contribution in [2.24, 2.45) is 0 Å². The van der Waals surface area contributed by atoms with E-state index in [9.17, 15) is 27.6 Å². The normalized spacial score (nSPS) is 15.1. The fraction of sp³-hybridized carbons (Fsp3) is 0.125. The molecule has 0 bridgehead atoms. The van der Waals surface area contributed by atoms with Gasteiger partial charge in [-0.05, 0) is 72.4 Å². The minimum absolute atomic E-state index is 0.0548. The number of benzene rings is 2. The van der Waals surface area contributed by atoms with Crippen molar-refractivity contribution in [3.05, 3.63) is 83.0 Å². The second-order valence-corrected chi connectivity index (χ2v) is 8.39. The van der Waals surface area contributed by atoms with Crippen molar-refractivity contribution in [3.8, 4) is 11.4 Å². The third kappa shape index (κ3) is 5.40. The first-order valence-electron chi connectivity index (χ1n) is 10.2. The number of alkyl halides is 3. The van der Waals surface area contributed by atoms with E-state index in [2.05, 4.69) is 5.32 Å². The maximum atomic E-state index is 13.1. The lowest BCUT2D eigenvalue weighted by atomic mass is 10.2. The third-order valence-electron chi connectivity index (χ3n) is 5.06. The minimum Gasteiger partial charge on any atom is -0.497 e. The highest BCUT2D eigenvalue weighted by Gasteiger charge is 2.36. The summed E-state index contributed by atoms with van der Waals surface area (Å²) in [5, 5.41) is 1.98. The van der Waals surface area contributed by atoms with Crippen LogP contribution in [0.25, 0.3) is 11.8 Å². The van der Waals surface area contributed by atoms with Crippen molar-refractivity contribution in [1.82, 2.24) is 9.47 Å². The number of ether oxygens (including phenoxy) is 1. The van der Waals surface area contributed by atoms with Gasteiger partial charge >= 0.3 is 6.18 Å². The Morgan fingerprint density at radius 1 is 1.09 bits per heavy atom. The first-order chi connectivity index (χ1) is 16.7. The molecule has 0 aliphatic carbocycles. The second kappa shape index (κ2) is 9.71. The molecule has 1 fully saturated rings. The summed E-state index contributed by atoms with van der Waals surface area (Å²) in [6, 6.07) is 14.5. The monoisotopic (exact) mass is 501 g/mol. The molecular weight excluding hydrogens is 483 g/mol. The lowest BCUT2D eigenvalue weighted by Gasteiger charge is -2.13. The smallest absolute Gasteiger partial charge is 0.416 e. The van der Waals surface area contributed by atoms with E-state index in [1.807, 2.05) is 0 Å². The van der Waals surface area contributed by atoms with E-state index in [1.54, 1.807) is 42.6 Å². The van der Waals surface area contributed by atoms with Crippen LogP contribution >= 0.6 is 11.8 Å². The Labute approximate surface area is 202 Å². The zero-order valence-electron chi connectivity index (χ0n) is 18.2. The topological polar surface area (TPSA) is 80.6 Å². The quantitative estimate of drug-likeness (QED) is 0.471. The molecule has 0 saturated carbocycles. The van der Waals surface area contributed by atoms with Gasteiger partial charge in [0.1, 0.15) is 12.3 Å². The van der Waals surface area contributed by atoms with Crippen LogP contribution in [0.3, 0.4) is 0 Å². The third-order valence-corrected chi connectivity index (χ3v) is 5.97. The highest BCUT2D eigenvalue weighted by molar-refractivity contribution is 8.18. The Balaban J connectivity index is 1.50. The van der Waals surface area contributed by atoms with Gasteiger partial charge in [0.15, 0.2) is 0 Å². The summed E-state index contributed by atoms with van der Waals surface area (Å²) >= 11 is 0.653. The molecule has 1 aliphatic rings. The first-order valence-corrected chi connectivity index (χ1v) is 11.0. The Morgan fingerprint density at radius 2 is 1.83 bits per heavy atom. The van der Waals surface area contributed by atoms with Gasteiger partial charge in [0, 0.05) is 23.3 Å². The minimum atomic E-state index is -4.50. The Morgan fingerprint density at radius 3 is 2.51 bits per heavy atom. The maximum absolute atomic E-state index is 13.1. The standard InChI is InChI=1S/C24H18F3N3O4S/c1-34-19-9-7-16(8-10-19)28-21(31)14-30-22(32)20(35-23(30)33)13-18-6-3-11-29(18)17-5-2-4-15(12-17)24(25,26)27/h2-13H,14H2,1H3,(H,28,31)/b20-13+. The number of methoxy groups -OCH3 is 1. The highest BCUT2D eigenvalue weighted by atomic mass is 32.2. The molecule has 0 atom stereocenters. The number of carbonyl (C=O) groups is 3. The zero-order chi connectivity index (χ0) is 25.2. The zero-order valence-corrected chi connectivity index (χ0v) is 19.0. The van der Waals surface area contributed by atoms with Gasteiger partial charge in [0.05, 0.1) is 17.6 Å². The molecule has 1 saturated heterocycles. The molecule has 2 aromatic carbocycles. The molecule has 7 nitrogen and oxygen atoms in total. The number of aromatic nitrogens is 1. The molecule has 1 aromatic heterocycles. The number of halogens is 3. The lowest BCUT2D eigenvalue weighted by molar-refractivity contribution is -0.137. The second-order valence-electron chi connectivity index (χ2n) is 7.40. The molecule has 0 unspecified atom stereocenters. The number of imide groups is 1. The van der Waals surface area contributed by atoms with Crippen molar-refractivity contribution < 1.29 is 32.3 Å². The molecule has 4 rings (SSSR count). The van der Waals surface area contributed by atoms with Crippen LogP contribution in [-0.4, -0.2) is 40.2 Å². The van der Waals surface area contributed by atoms with E-state index < -0.39 is 35.3 Å². The predicted molar refractivity (Wildman–Crippen MR) is 125 cm³/mol. The van der Waals surface area contributed by atoms with Gasteiger partial charge in [0.25, 0.3) is 11.1 Å². The van der Waals surface area contributed by atoms with Crippen LogP contribution in [-0.2, 0) is 15.8 Å². The average Bonchev–Trinajstić information content (AvgIpc) is 3.39. The Kier molecular flexibility index (Phi) is 6.70. The highest BCUT2D eigenvalue weighted by Crippen LogP contribution is 2.34. The van der Waals surface area contributed by atoms with Gasteiger partial charge in [-0.3, -0.25) is 19.3 Å². The number of hydrogen-bond acceptors (Lipinski definition) is 5. The number of thioether (sulfide) groups is 1. The van der Waals surface area contributed by atoms with Gasteiger partial charge in [-0.15, -0.1) is 0 Å². The van der Waals surface area contributed by atoms with E-state index >= 15 is 0 Å². The summed E-state index contributed by atoms with van der Waals surface area (Å²) in [6.45, 7) is -0.483. The van der Waals surface area contributed by atoms with Gasteiger partial charge in [-0.25, -0.2) is 0 Å². The molecule has 180 valence electrons. The molecule has 3 amide bonds. The summed E-state index contributed by atoms with van der Waals surface area (Å²) in [4.78, 5) is 38.5. The number of amides is 3. The van der Waals surface area contributed by atoms with Crippen LogP contribution in [0.2, 0.25) is 0 Å². The van der Waals surface area contributed by atoms with Gasteiger partial charge in [-0.2, -0.15) is 13.2 Å². The summed E-state index contributed by atoms with van der Waals surface area (Å²) < 4.78 is 45.8. The van der Waals surface area contributed by atoms with Crippen LogP contribution < -0.4 is 10.1 Å². The number of carbonyl (C=O) groups excluding carboxylic acids is 3. The SMILES string of the molecule is COc1ccc(NC(=O)CN2C(=O)S/C(=C/c3cccn3-c3cccc(C(F)(F)F)c3)C2=O)cc1. The summed E-state index contributed by atoms with van der Waals surface area (Å²) in [5.41, 5.74) is 0.307. The van der Waals surface area contributed by atoms with Crippen LogP contribution in [0.4, 0.5) is 23.7 Å². The van der Waals surface area contributed by atoms with Crippen molar-refractivity contribution in [2.75, 3.05) is 19.0 Å². The summed E-state index contributed by atoms with van der Waals surface area (Å²) in [5.74, 6) is -0.623. The van der Waals surface area contributed by atoms with E-state index in [1.165, 1.54) is 29.9 Å². The van der Waals surface area contributed by atoms with Gasteiger partial charge < -0.3 is 14.6 Å². The Bertz CT molecular complexity index is 1320.